The van der Waals surface area contributed by atoms with Crippen molar-refractivity contribution in [2.45, 2.75) is 7.43 Å². The van der Waals surface area contributed by atoms with Gasteiger partial charge in [-0.15, -0.1) is 0 Å². The third-order valence-electron chi connectivity index (χ3n) is 3.52. The fourth-order valence-electron chi connectivity index (χ4n) is 2.73. The molecular weight excluding hydrogens is 204 g/mol. The third kappa shape index (κ3) is 1.70. The van der Waals surface area contributed by atoms with E-state index in [0.29, 0.717) is 11.8 Å². The Morgan fingerprint density at radius 3 is 1.53 bits per heavy atom. The van der Waals surface area contributed by atoms with Crippen molar-refractivity contribution in [3.63, 3.8) is 0 Å². The molecule has 0 saturated carbocycles. The molecule has 0 heteroatoms. The van der Waals surface area contributed by atoms with E-state index in [-0.39, 0.29) is 7.43 Å². The van der Waals surface area contributed by atoms with Gasteiger partial charge in [-0.1, -0.05) is 69.2 Å². The molecule has 0 radical (unpaired) electrons. The minimum absolute atomic E-state index is 0. The summed E-state index contributed by atoms with van der Waals surface area (Å²) in [6.07, 6.45) is 17.1. The van der Waals surface area contributed by atoms with Gasteiger partial charge in [-0.2, -0.15) is 0 Å². The summed E-state index contributed by atoms with van der Waals surface area (Å²) in [4.78, 5) is 0. The van der Waals surface area contributed by atoms with E-state index in [4.69, 9.17) is 0 Å². The molecule has 0 nitrogen and oxygen atoms in total. The van der Waals surface area contributed by atoms with Crippen LogP contribution in [0, 0.1) is 11.8 Å². The van der Waals surface area contributed by atoms with Crippen LogP contribution in [0.25, 0.3) is 0 Å². The minimum Gasteiger partial charge on any atom is -0.0952 e. The zero-order chi connectivity index (χ0) is 11.1. The Bertz CT molecular complexity index is 470. The van der Waals surface area contributed by atoms with Crippen molar-refractivity contribution < 1.29 is 0 Å². The van der Waals surface area contributed by atoms with Gasteiger partial charge in [-0.25, -0.2) is 0 Å². The Hall–Kier alpha value is -1.82. The summed E-state index contributed by atoms with van der Waals surface area (Å²) in [5.74, 6) is 0.775. The SMILES string of the molecule is C.C=C1C=CC=C2C=CC3=CC=CC(=C)C3C12. The molecule has 0 saturated heterocycles. The Balaban J connectivity index is 0.00000108. The van der Waals surface area contributed by atoms with Gasteiger partial charge in [0, 0.05) is 11.8 Å². The summed E-state index contributed by atoms with van der Waals surface area (Å²) >= 11 is 0. The van der Waals surface area contributed by atoms with Crippen LogP contribution in [0.1, 0.15) is 7.43 Å². The maximum Gasteiger partial charge on any atom is 0.0193 e. The van der Waals surface area contributed by atoms with Crippen molar-refractivity contribution >= 4 is 0 Å². The second kappa shape index (κ2) is 4.21. The Morgan fingerprint density at radius 2 is 1.12 bits per heavy atom. The molecule has 2 unspecified atom stereocenters. The van der Waals surface area contributed by atoms with Crippen molar-refractivity contribution in [2.75, 3.05) is 0 Å². The van der Waals surface area contributed by atoms with Crippen LogP contribution in [0.3, 0.4) is 0 Å². The van der Waals surface area contributed by atoms with Gasteiger partial charge in [0.05, 0.1) is 0 Å². The average Bonchev–Trinajstić information content (AvgIpc) is 2.29. The molecule has 0 fully saturated rings. The molecule has 3 aliphatic carbocycles. The largest absolute Gasteiger partial charge is 0.0952 e. The molecule has 0 amide bonds. The number of hydrogen-bond donors (Lipinski definition) is 0. The van der Waals surface area contributed by atoms with E-state index in [9.17, 15) is 0 Å². The van der Waals surface area contributed by atoms with Crippen molar-refractivity contribution in [1.29, 1.82) is 0 Å². The first-order chi connectivity index (χ1) is 7.77. The molecule has 0 heterocycles. The molecule has 0 bridgehead atoms. The molecule has 2 atom stereocenters. The van der Waals surface area contributed by atoms with Crippen LogP contribution in [0.2, 0.25) is 0 Å². The number of allylic oxidation sites excluding steroid dienone is 12. The summed E-state index contributed by atoms with van der Waals surface area (Å²) in [6, 6.07) is 0. The van der Waals surface area contributed by atoms with E-state index in [1.165, 1.54) is 22.3 Å². The van der Waals surface area contributed by atoms with E-state index in [2.05, 4.69) is 61.8 Å². The van der Waals surface area contributed by atoms with Crippen LogP contribution in [0.5, 0.6) is 0 Å². The molecular formula is C17H18. The van der Waals surface area contributed by atoms with Crippen LogP contribution in [0.4, 0.5) is 0 Å². The second-order valence-electron chi connectivity index (χ2n) is 4.49. The first kappa shape index (κ1) is 11.7. The molecule has 0 aromatic heterocycles. The van der Waals surface area contributed by atoms with E-state index in [0.717, 1.165) is 0 Å². The lowest BCUT2D eigenvalue weighted by molar-refractivity contribution is 0.575. The highest BCUT2D eigenvalue weighted by molar-refractivity contribution is 5.55. The fourth-order valence-corrected chi connectivity index (χ4v) is 2.73. The van der Waals surface area contributed by atoms with Crippen molar-refractivity contribution in [1.82, 2.24) is 0 Å². The predicted octanol–water partition coefficient (Wildman–Crippen LogP) is 4.53. The summed E-state index contributed by atoms with van der Waals surface area (Å²) in [7, 11) is 0. The second-order valence-corrected chi connectivity index (χ2v) is 4.49. The Kier molecular flexibility index (Phi) is 2.89. The molecule has 0 aromatic carbocycles. The van der Waals surface area contributed by atoms with Gasteiger partial charge in [0.25, 0.3) is 0 Å². The van der Waals surface area contributed by atoms with Crippen molar-refractivity contribution in [3.05, 3.63) is 84.1 Å². The Labute approximate surface area is 104 Å². The van der Waals surface area contributed by atoms with Crippen LogP contribution in [-0.2, 0) is 0 Å². The zero-order valence-corrected chi connectivity index (χ0v) is 9.19. The molecule has 0 aromatic rings. The maximum atomic E-state index is 4.17. The van der Waals surface area contributed by atoms with E-state index in [1.807, 2.05) is 0 Å². The first-order valence-corrected chi connectivity index (χ1v) is 5.59. The summed E-state index contributed by atoms with van der Waals surface area (Å²) in [5.41, 5.74) is 5.08. The highest BCUT2D eigenvalue weighted by Gasteiger charge is 2.33. The molecule has 17 heavy (non-hydrogen) atoms. The van der Waals surface area contributed by atoms with Gasteiger partial charge in [0.2, 0.25) is 0 Å². The summed E-state index contributed by atoms with van der Waals surface area (Å²) in [5, 5.41) is 0. The third-order valence-corrected chi connectivity index (χ3v) is 3.52. The lowest BCUT2D eigenvalue weighted by Crippen LogP contribution is -2.25. The molecule has 0 spiro atoms. The Morgan fingerprint density at radius 1 is 0.706 bits per heavy atom. The highest BCUT2D eigenvalue weighted by Crippen LogP contribution is 2.44. The van der Waals surface area contributed by atoms with E-state index < -0.39 is 0 Å². The van der Waals surface area contributed by atoms with Crippen molar-refractivity contribution in [2.24, 2.45) is 11.8 Å². The fraction of sp³-hybridized carbons (Fsp3) is 0.176. The first-order valence-electron chi connectivity index (χ1n) is 5.59. The lowest BCUT2D eigenvalue weighted by atomic mass is 9.67. The van der Waals surface area contributed by atoms with Crippen LogP contribution in [-0.4, -0.2) is 0 Å². The van der Waals surface area contributed by atoms with Crippen LogP contribution in [0.15, 0.2) is 84.1 Å². The van der Waals surface area contributed by atoms with Gasteiger partial charge in [-0.05, 0) is 22.3 Å². The molecule has 3 aliphatic rings. The van der Waals surface area contributed by atoms with Crippen LogP contribution >= 0.6 is 0 Å². The van der Waals surface area contributed by atoms with Gasteiger partial charge >= 0.3 is 0 Å². The summed E-state index contributed by atoms with van der Waals surface area (Å²) in [6.45, 7) is 8.34. The van der Waals surface area contributed by atoms with Gasteiger partial charge in [-0.3, -0.25) is 0 Å². The quantitative estimate of drug-likeness (QED) is 0.565. The van der Waals surface area contributed by atoms with Gasteiger partial charge < -0.3 is 0 Å². The highest BCUT2D eigenvalue weighted by atomic mass is 14.4. The smallest absolute Gasteiger partial charge is 0.0193 e. The van der Waals surface area contributed by atoms with E-state index >= 15 is 0 Å². The molecule has 86 valence electrons. The normalized spacial score (nSPS) is 28.9. The monoisotopic (exact) mass is 222 g/mol. The topological polar surface area (TPSA) is 0 Å². The van der Waals surface area contributed by atoms with Gasteiger partial charge in [0.1, 0.15) is 0 Å². The number of fused-ring (bicyclic) bond motifs is 3. The van der Waals surface area contributed by atoms with Gasteiger partial charge in [0.15, 0.2) is 0 Å². The minimum atomic E-state index is 0. The molecule has 0 aliphatic heterocycles. The van der Waals surface area contributed by atoms with E-state index in [1.54, 1.807) is 0 Å². The predicted molar refractivity (Wildman–Crippen MR) is 75.6 cm³/mol. The number of rotatable bonds is 0. The standard InChI is InChI=1S/C16H14.CH4/c1-11-5-3-7-13-9-10-14-8-4-6-12(2)16(14)15(11)13;/h3-10,15-16H,1-2H2;1H4. The van der Waals surface area contributed by atoms with Crippen molar-refractivity contribution in [3.8, 4) is 0 Å². The van der Waals surface area contributed by atoms with Crippen LogP contribution < -0.4 is 0 Å². The maximum absolute atomic E-state index is 4.17. The summed E-state index contributed by atoms with van der Waals surface area (Å²) < 4.78 is 0. The average molecular weight is 222 g/mol. The lowest BCUT2D eigenvalue weighted by Gasteiger charge is -2.36. The molecule has 0 N–H and O–H groups in total. The zero-order valence-electron chi connectivity index (χ0n) is 9.19. The molecule has 3 rings (SSSR count). The number of hydrogen-bond acceptors (Lipinski definition) is 0.